The maximum absolute atomic E-state index is 11.9. The van der Waals surface area contributed by atoms with Crippen LogP contribution in [0.1, 0.15) is 30.6 Å². The smallest absolute Gasteiger partial charge is 0.311 e. The van der Waals surface area contributed by atoms with E-state index in [0.29, 0.717) is 23.6 Å². The lowest BCUT2D eigenvalue weighted by atomic mass is 10.2. The fourth-order valence-electron chi connectivity index (χ4n) is 1.48. The Morgan fingerprint density at radius 2 is 2.10 bits per heavy atom. The van der Waals surface area contributed by atoms with E-state index in [1.165, 1.54) is 0 Å². The van der Waals surface area contributed by atoms with E-state index in [4.69, 9.17) is 9.47 Å². The molecule has 7 heteroatoms. The van der Waals surface area contributed by atoms with E-state index in [1.807, 2.05) is 0 Å². The van der Waals surface area contributed by atoms with Crippen molar-refractivity contribution >= 4 is 40.2 Å². The number of hydrogen-bond donors (Lipinski definition) is 1. The van der Waals surface area contributed by atoms with Crippen molar-refractivity contribution in [3.63, 3.8) is 0 Å². The maximum atomic E-state index is 11.9. The Kier molecular flexibility index (Phi) is 7.13. The lowest BCUT2D eigenvalue weighted by Gasteiger charge is -2.06. The first-order valence-electron chi connectivity index (χ1n) is 6.30. The zero-order valence-corrected chi connectivity index (χ0v) is 14.3. The van der Waals surface area contributed by atoms with Crippen molar-refractivity contribution in [1.82, 2.24) is 5.43 Å². The van der Waals surface area contributed by atoms with Crippen LogP contribution in [0.5, 0.6) is 5.75 Å². The molecule has 0 fully saturated rings. The number of methoxy groups -OCH3 is 1. The number of carbonyl (C=O) groups excluding carboxylic acids is 2. The number of carbonyl (C=O) groups is 2. The molecule has 0 aromatic heterocycles. The summed E-state index contributed by atoms with van der Waals surface area (Å²) in [5.74, 6) is -0.0140. The number of esters is 1. The second kappa shape index (κ2) is 8.60. The van der Waals surface area contributed by atoms with Gasteiger partial charge in [0.05, 0.1) is 23.7 Å². The zero-order valence-electron chi connectivity index (χ0n) is 12.1. The van der Waals surface area contributed by atoms with E-state index >= 15 is 0 Å². The molecule has 0 aliphatic rings. The van der Waals surface area contributed by atoms with Crippen LogP contribution in [0, 0.1) is 3.57 Å². The molecule has 6 nitrogen and oxygen atoms in total. The molecule has 21 heavy (non-hydrogen) atoms. The summed E-state index contributed by atoms with van der Waals surface area (Å²) in [5.41, 5.74) is 3.35. The Morgan fingerprint density at radius 1 is 1.38 bits per heavy atom. The molecule has 1 aromatic carbocycles. The quantitative estimate of drug-likeness (QED) is 0.342. The monoisotopic (exact) mass is 404 g/mol. The summed E-state index contributed by atoms with van der Waals surface area (Å²) in [6, 6.07) is 5.06. The van der Waals surface area contributed by atoms with Gasteiger partial charge in [0.15, 0.2) is 0 Å². The van der Waals surface area contributed by atoms with Crippen LogP contribution in [0.2, 0.25) is 0 Å². The number of hydrazone groups is 1. The number of hydrogen-bond acceptors (Lipinski definition) is 5. The molecule has 0 bridgehead atoms. The molecule has 0 heterocycles. The van der Waals surface area contributed by atoms with E-state index in [1.54, 1.807) is 39.2 Å². The van der Waals surface area contributed by atoms with Crippen molar-refractivity contribution in [2.45, 2.75) is 20.3 Å². The summed E-state index contributed by atoms with van der Waals surface area (Å²) < 4.78 is 10.8. The molecule has 1 aromatic rings. The van der Waals surface area contributed by atoms with Gasteiger partial charge in [-0.25, -0.2) is 5.43 Å². The molecule has 0 aliphatic carbocycles. The standard InChI is InChI=1S/C14H17IN2O4/c1-4-21-13(18)7-9(2)16-17-14(19)10-5-6-12(20-3)11(15)8-10/h5-6,8H,4,7H2,1-3H3,(H,17,19). The minimum atomic E-state index is -0.369. The molecule has 0 spiro atoms. The summed E-state index contributed by atoms with van der Waals surface area (Å²) >= 11 is 2.08. The third-order valence-corrected chi connectivity index (χ3v) is 3.31. The average Bonchev–Trinajstić information content (AvgIpc) is 2.44. The molecule has 0 radical (unpaired) electrons. The first-order valence-corrected chi connectivity index (χ1v) is 7.38. The first kappa shape index (κ1) is 17.4. The van der Waals surface area contributed by atoms with Gasteiger partial charge < -0.3 is 9.47 Å². The van der Waals surface area contributed by atoms with Gasteiger partial charge in [-0.2, -0.15) is 5.10 Å². The lowest BCUT2D eigenvalue weighted by molar-refractivity contribution is -0.141. The number of nitrogens with one attached hydrogen (secondary N) is 1. The fourth-order valence-corrected chi connectivity index (χ4v) is 2.21. The van der Waals surface area contributed by atoms with Gasteiger partial charge in [0.1, 0.15) is 5.75 Å². The predicted octanol–water partition coefficient (Wildman–Crippen LogP) is 2.36. The molecule has 0 saturated carbocycles. The Labute approximate surface area is 137 Å². The number of amides is 1. The number of rotatable bonds is 6. The Morgan fingerprint density at radius 3 is 2.67 bits per heavy atom. The highest BCUT2D eigenvalue weighted by Crippen LogP contribution is 2.21. The largest absolute Gasteiger partial charge is 0.496 e. The van der Waals surface area contributed by atoms with Gasteiger partial charge in [0.2, 0.25) is 0 Å². The van der Waals surface area contributed by atoms with E-state index in [9.17, 15) is 9.59 Å². The van der Waals surface area contributed by atoms with Crippen molar-refractivity contribution in [2.75, 3.05) is 13.7 Å². The minimum Gasteiger partial charge on any atom is -0.496 e. The molecule has 1 N–H and O–H groups in total. The number of ether oxygens (including phenoxy) is 2. The SMILES string of the molecule is CCOC(=O)CC(C)=NNC(=O)c1ccc(OC)c(I)c1. The van der Waals surface area contributed by atoms with Crippen molar-refractivity contribution in [2.24, 2.45) is 5.10 Å². The zero-order chi connectivity index (χ0) is 15.8. The van der Waals surface area contributed by atoms with Crippen LogP contribution in [0.3, 0.4) is 0 Å². The maximum Gasteiger partial charge on any atom is 0.311 e. The number of nitrogens with zero attached hydrogens (tertiary/aromatic N) is 1. The summed E-state index contributed by atoms with van der Waals surface area (Å²) in [6.07, 6.45) is 0.0499. The van der Waals surface area contributed by atoms with Crippen LogP contribution < -0.4 is 10.2 Å². The van der Waals surface area contributed by atoms with Crippen molar-refractivity contribution in [1.29, 1.82) is 0 Å². The highest BCUT2D eigenvalue weighted by atomic mass is 127. The lowest BCUT2D eigenvalue weighted by Crippen LogP contribution is -2.20. The first-order chi connectivity index (χ1) is 9.97. The highest BCUT2D eigenvalue weighted by Gasteiger charge is 2.09. The Balaban J connectivity index is 2.64. The Bertz CT molecular complexity index is 558. The third kappa shape index (κ3) is 5.70. The highest BCUT2D eigenvalue weighted by molar-refractivity contribution is 14.1. The van der Waals surface area contributed by atoms with Crippen molar-refractivity contribution in [3.05, 3.63) is 27.3 Å². The van der Waals surface area contributed by atoms with Gasteiger partial charge >= 0.3 is 5.97 Å². The van der Waals surface area contributed by atoms with E-state index in [2.05, 4.69) is 33.1 Å². The molecule has 114 valence electrons. The molecule has 0 saturated heterocycles. The van der Waals surface area contributed by atoms with E-state index < -0.39 is 0 Å². The number of benzene rings is 1. The van der Waals surface area contributed by atoms with Crippen molar-refractivity contribution < 1.29 is 19.1 Å². The molecule has 0 atom stereocenters. The molecule has 0 aliphatic heterocycles. The van der Waals surface area contributed by atoms with Gasteiger partial charge in [-0.3, -0.25) is 9.59 Å². The third-order valence-electron chi connectivity index (χ3n) is 2.47. The summed E-state index contributed by atoms with van der Waals surface area (Å²) in [6.45, 7) is 3.70. The normalized spacial score (nSPS) is 11.0. The van der Waals surface area contributed by atoms with Crippen LogP contribution in [0.4, 0.5) is 0 Å². The number of halogens is 1. The average molecular weight is 404 g/mol. The predicted molar refractivity (Wildman–Crippen MR) is 87.5 cm³/mol. The Hall–Kier alpha value is -1.64. The van der Waals surface area contributed by atoms with E-state index in [-0.39, 0.29) is 18.3 Å². The van der Waals surface area contributed by atoms with Crippen LogP contribution >= 0.6 is 22.6 Å². The van der Waals surface area contributed by atoms with Gasteiger partial charge in [-0.1, -0.05) is 0 Å². The van der Waals surface area contributed by atoms with E-state index in [0.717, 1.165) is 3.57 Å². The van der Waals surface area contributed by atoms with Gasteiger partial charge in [0.25, 0.3) is 5.91 Å². The van der Waals surface area contributed by atoms with Crippen LogP contribution in [0.25, 0.3) is 0 Å². The second-order valence-electron chi connectivity index (χ2n) is 4.12. The van der Waals surface area contributed by atoms with Crippen LogP contribution in [-0.2, 0) is 9.53 Å². The van der Waals surface area contributed by atoms with Crippen LogP contribution in [-0.4, -0.2) is 31.3 Å². The fraction of sp³-hybridized carbons (Fsp3) is 0.357. The van der Waals surface area contributed by atoms with Gasteiger partial charge in [-0.05, 0) is 54.6 Å². The second-order valence-corrected chi connectivity index (χ2v) is 5.28. The summed E-state index contributed by atoms with van der Waals surface area (Å²) in [5, 5.41) is 3.88. The molecular formula is C14H17IN2O4. The van der Waals surface area contributed by atoms with Crippen molar-refractivity contribution in [3.8, 4) is 5.75 Å². The molecule has 1 amide bonds. The van der Waals surface area contributed by atoms with Gasteiger partial charge in [-0.15, -0.1) is 0 Å². The van der Waals surface area contributed by atoms with Gasteiger partial charge in [0, 0.05) is 11.3 Å². The molecular weight excluding hydrogens is 387 g/mol. The topological polar surface area (TPSA) is 77.0 Å². The van der Waals surface area contributed by atoms with Crippen LogP contribution in [0.15, 0.2) is 23.3 Å². The molecule has 0 unspecified atom stereocenters. The summed E-state index contributed by atoms with van der Waals surface area (Å²) in [7, 11) is 1.57. The summed E-state index contributed by atoms with van der Waals surface area (Å²) in [4.78, 5) is 23.2. The minimum absolute atomic E-state index is 0.0499. The molecule has 1 rings (SSSR count).